The molecule has 17 heavy (non-hydrogen) atoms. The van der Waals surface area contributed by atoms with Crippen LogP contribution in [0.1, 0.15) is 37.8 Å². The highest BCUT2D eigenvalue weighted by Gasteiger charge is 2.40. The van der Waals surface area contributed by atoms with Crippen molar-refractivity contribution in [2.75, 3.05) is 0 Å². The summed E-state index contributed by atoms with van der Waals surface area (Å²) in [5.74, 6) is 1.01. The Hall–Kier alpha value is -0.760. The van der Waals surface area contributed by atoms with E-state index in [4.69, 9.17) is 0 Å². The largest absolute Gasteiger partial charge is 0.508 e. The van der Waals surface area contributed by atoms with E-state index in [1.165, 1.54) is 12.0 Å². The highest BCUT2D eigenvalue weighted by atomic mass is 79.9. The third kappa shape index (κ3) is 2.03. The van der Waals surface area contributed by atoms with Crippen LogP contribution in [0.25, 0.3) is 0 Å². The molecule has 0 saturated heterocycles. The minimum Gasteiger partial charge on any atom is -0.508 e. The van der Waals surface area contributed by atoms with Gasteiger partial charge in [-0.3, -0.25) is 0 Å². The second-order valence-electron chi connectivity index (χ2n) is 5.36. The summed E-state index contributed by atoms with van der Waals surface area (Å²) in [6, 6.07) is 6.00. The Labute approximate surface area is 112 Å². The van der Waals surface area contributed by atoms with Gasteiger partial charge in [0.1, 0.15) is 5.75 Å². The summed E-state index contributed by atoms with van der Waals surface area (Å²) in [6.45, 7) is 6.49. The maximum absolute atomic E-state index is 10.2. The first-order valence-corrected chi connectivity index (χ1v) is 7.01. The molecule has 2 rings (SSSR count). The van der Waals surface area contributed by atoms with Crippen molar-refractivity contribution in [3.63, 3.8) is 0 Å². The Morgan fingerprint density at radius 2 is 2.18 bits per heavy atom. The van der Waals surface area contributed by atoms with Gasteiger partial charge in [-0.1, -0.05) is 47.5 Å². The molecule has 1 aromatic rings. The van der Waals surface area contributed by atoms with E-state index in [9.17, 15) is 5.11 Å². The van der Waals surface area contributed by atoms with Crippen LogP contribution in [-0.4, -0.2) is 5.11 Å². The van der Waals surface area contributed by atoms with E-state index in [-0.39, 0.29) is 5.41 Å². The molecule has 1 aliphatic rings. The number of phenolic OH excluding ortho intramolecular Hbond substituents is 1. The quantitative estimate of drug-likeness (QED) is 0.798. The number of halogens is 1. The van der Waals surface area contributed by atoms with Crippen LogP contribution in [0.3, 0.4) is 0 Å². The second kappa shape index (κ2) is 4.49. The van der Waals surface area contributed by atoms with Crippen LogP contribution < -0.4 is 0 Å². The van der Waals surface area contributed by atoms with Crippen molar-refractivity contribution in [1.29, 1.82) is 0 Å². The van der Waals surface area contributed by atoms with Gasteiger partial charge in [-0.15, -0.1) is 0 Å². The zero-order valence-corrected chi connectivity index (χ0v) is 12.2. The van der Waals surface area contributed by atoms with Crippen molar-refractivity contribution in [3.8, 4) is 5.75 Å². The molecular formula is C15H19BrO. The predicted octanol–water partition coefficient (Wildman–Crippen LogP) is 4.67. The van der Waals surface area contributed by atoms with Crippen LogP contribution in [0.4, 0.5) is 0 Å². The molecule has 1 nitrogen and oxygen atoms in total. The summed E-state index contributed by atoms with van der Waals surface area (Å²) >= 11 is 3.48. The van der Waals surface area contributed by atoms with Crippen LogP contribution in [0.5, 0.6) is 5.75 Å². The van der Waals surface area contributed by atoms with Crippen molar-refractivity contribution in [1.82, 2.24) is 0 Å². The standard InChI is InChI=1S/C15H19BrO/c1-10-4-5-12(14(17)8-10)15(3)7-6-11(2)13(15)9-16/h4-5,8-9,11,17H,6-7H2,1-3H3. The molecule has 0 bridgehead atoms. The highest BCUT2D eigenvalue weighted by molar-refractivity contribution is 9.11. The van der Waals surface area contributed by atoms with E-state index >= 15 is 0 Å². The fraction of sp³-hybridized carbons (Fsp3) is 0.467. The molecule has 0 spiro atoms. The van der Waals surface area contributed by atoms with Gasteiger partial charge in [0.15, 0.2) is 0 Å². The van der Waals surface area contributed by atoms with E-state index in [0.29, 0.717) is 11.7 Å². The van der Waals surface area contributed by atoms with Crippen LogP contribution >= 0.6 is 15.9 Å². The predicted molar refractivity (Wildman–Crippen MR) is 75.6 cm³/mol. The number of phenols is 1. The number of benzene rings is 1. The lowest BCUT2D eigenvalue weighted by Crippen LogP contribution is -2.20. The fourth-order valence-corrected chi connectivity index (χ4v) is 3.93. The summed E-state index contributed by atoms with van der Waals surface area (Å²) in [6.07, 6.45) is 2.28. The summed E-state index contributed by atoms with van der Waals surface area (Å²) < 4.78 is 0. The monoisotopic (exact) mass is 294 g/mol. The first-order chi connectivity index (χ1) is 7.99. The van der Waals surface area contributed by atoms with Gasteiger partial charge in [0.05, 0.1) is 0 Å². The van der Waals surface area contributed by atoms with Gasteiger partial charge in [0, 0.05) is 11.0 Å². The summed E-state index contributed by atoms with van der Waals surface area (Å²) in [7, 11) is 0. The number of aryl methyl sites for hydroxylation is 1. The smallest absolute Gasteiger partial charge is 0.119 e. The molecular weight excluding hydrogens is 276 g/mol. The minimum atomic E-state index is -0.0271. The maximum Gasteiger partial charge on any atom is 0.119 e. The molecule has 1 N–H and O–H groups in total. The molecule has 1 fully saturated rings. The number of hydrogen-bond donors (Lipinski definition) is 1. The minimum absolute atomic E-state index is 0.0271. The Kier molecular flexibility index (Phi) is 3.35. The summed E-state index contributed by atoms with van der Waals surface area (Å²) in [5.41, 5.74) is 3.51. The number of hydrogen-bond acceptors (Lipinski definition) is 1. The average molecular weight is 295 g/mol. The number of rotatable bonds is 1. The lowest BCUT2D eigenvalue weighted by atomic mass is 9.76. The van der Waals surface area contributed by atoms with Gasteiger partial charge in [-0.25, -0.2) is 0 Å². The van der Waals surface area contributed by atoms with E-state index < -0.39 is 0 Å². The molecule has 0 radical (unpaired) electrons. The molecule has 92 valence electrons. The Morgan fingerprint density at radius 3 is 2.76 bits per heavy atom. The molecule has 0 aromatic heterocycles. The molecule has 2 atom stereocenters. The molecule has 1 saturated carbocycles. The van der Waals surface area contributed by atoms with Crippen molar-refractivity contribution >= 4 is 15.9 Å². The summed E-state index contributed by atoms with van der Waals surface area (Å²) in [4.78, 5) is 2.05. The van der Waals surface area contributed by atoms with Gasteiger partial charge in [-0.05, 0) is 42.3 Å². The first kappa shape index (κ1) is 12.7. The molecule has 0 heterocycles. The molecule has 2 unspecified atom stereocenters. The zero-order chi connectivity index (χ0) is 12.6. The molecule has 0 aliphatic heterocycles. The SMILES string of the molecule is Cc1ccc(C2(C)CCC(C)C2=CBr)c(O)c1. The maximum atomic E-state index is 10.2. The van der Waals surface area contributed by atoms with Crippen LogP contribution in [0, 0.1) is 12.8 Å². The van der Waals surface area contributed by atoms with E-state index in [1.54, 1.807) is 0 Å². The van der Waals surface area contributed by atoms with Crippen LogP contribution in [0.15, 0.2) is 28.8 Å². The van der Waals surface area contributed by atoms with Gasteiger partial charge in [0.2, 0.25) is 0 Å². The van der Waals surface area contributed by atoms with Crippen LogP contribution in [-0.2, 0) is 5.41 Å². The van der Waals surface area contributed by atoms with Gasteiger partial charge >= 0.3 is 0 Å². The Morgan fingerprint density at radius 1 is 1.47 bits per heavy atom. The molecule has 1 aromatic carbocycles. The topological polar surface area (TPSA) is 20.2 Å². The summed E-state index contributed by atoms with van der Waals surface area (Å²) in [5, 5.41) is 10.2. The third-order valence-electron chi connectivity index (χ3n) is 4.11. The molecule has 0 amide bonds. The van der Waals surface area contributed by atoms with Gasteiger partial charge in [0.25, 0.3) is 0 Å². The highest BCUT2D eigenvalue weighted by Crippen LogP contribution is 2.50. The van der Waals surface area contributed by atoms with Crippen molar-refractivity contribution < 1.29 is 5.11 Å². The third-order valence-corrected chi connectivity index (χ3v) is 4.60. The van der Waals surface area contributed by atoms with E-state index in [0.717, 1.165) is 17.5 Å². The Balaban J connectivity index is 2.52. The average Bonchev–Trinajstić information content (AvgIpc) is 2.55. The number of aromatic hydroxyl groups is 1. The zero-order valence-electron chi connectivity index (χ0n) is 10.6. The Bertz CT molecular complexity index is 464. The van der Waals surface area contributed by atoms with Gasteiger partial charge < -0.3 is 5.11 Å². The van der Waals surface area contributed by atoms with Crippen molar-refractivity contribution in [2.24, 2.45) is 5.92 Å². The van der Waals surface area contributed by atoms with E-state index in [1.807, 2.05) is 18.0 Å². The van der Waals surface area contributed by atoms with Crippen molar-refractivity contribution in [2.45, 2.75) is 39.0 Å². The van der Waals surface area contributed by atoms with E-state index in [2.05, 4.69) is 41.9 Å². The first-order valence-electron chi connectivity index (χ1n) is 6.10. The fourth-order valence-electron chi connectivity index (χ4n) is 2.98. The van der Waals surface area contributed by atoms with Crippen LogP contribution in [0.2, 0.25) is 0 Å². The molecule has 1 aliphatic carbocycles. The number of allylic oxidation sites excluding steroid dienone is 1. The van der Waals surface area contributed by atoms with Crippen molar-refractivity contribution in [3.05, 3.63) is 39.9 Å². The van der Waals surface area contributed by atoms with Gasteiger partial charge in [-0.2, -0.15) is 0 Å². The normalized spacial score (nSPS) is 31.1. The lowest BCUT2D eigenvalue weighted by Gasteiger charge is -2.28. The molecule has 2 heteroatoms. The lowest BCUT2D eigenvalue weighted by molar-refractivity contribution is 0.445. The second-order valence-corrected chi connectivity index (χ2v) is 5.81.